The quantitative estimate of drug-likeness (QED) is 0.378. The predicted molar refractivity (Wildman–Crippen MR) is 123 cm³/mol. The average molecular weight is 468 g/mol. The zero-order valence-corrected chi connectivity index (χ0v) is 20.3. The maximum atomic E-state index is 13.4. The van der Waals surface area contributed by atoms with Gasteiger partial charge in [0.25, 0.3) is 0 Å². The normalized spacial score (nSPS) is 12.8. The number of hydrogen-bond acceptors (Lipinski definition) is 7. The Balaban J connectivity index is 3.24. The van der Waals surface area contributed by atoms with Gasteiger partial charge in [-0.1, -0.05) is 24.3 Å². The van der Waals surface area contributed by atoms with E-state index >= 15 is 0 Å². The number of aryl methyl sites for hydroxylation is 1. The number of carbonyl (C=O) groups is 4. The molecular formula is C22H33N3O6S. The molecule has 0 aliphatic carbocycles. The van der Waals surface area contributed by atoms with Crippen LogP contribution in [0.5, 0.6) is 0 Å². The molecule has 0 aromatic heterocycles. The summed E-state index contributed by atoms with van der Waals surface area (Å²) in [6.45, 7) is 8.51. The van der Waals surface area contributed by atoms with E-state index in [1.165, 1.54) is 12.0 Å². The van der Waals surface area contributed by atoms with Gasteiger partial charge in [0.05, 0.1) is 7.11 Å². The molecule has 3 amide bonds. The summed E-state index contributed by atoms with van der Waals surface area (Å²) in [5.41, 5.74) is 0.649. The number of amides is 3. The van der Waals surface area contributed by atoms with Gasteiger partial charge in [0, 0.05) is 12.3 Å². The Labute approximate surface area is 194 Å². The molecule has 9 nitrogen and oxygen atoms in total. The summed E-state index contributed by atoms with van der Waals surface area (Å²) < 4.78 is 9.81. The number of methoxy groups -OCH3 is 1. The van der Waals surface area contributed by atoms with Crippen molar-refractivity contribution in [3.8, 4) is 0 Å². The van der Waals surface area contributed by atoms with Crippen LogP contribution >= 0.6 is 12.6 Å². The van der Waals surface area contributed by atoms with Crippen molar-refractivity contribution in [3.63, 3.8) is 0 Å². The molecular weight excluding hydrogens is 434 g/mol. The van der Waals surface area contributed by atoms with Crippen molar-refractivity contribution in [3.05, 3.63) is 35.4 Å². The fourth-order valence-electron chi connectivity index (χ4n) is 2.97. The number of nitrogens with one attached hydrogen (secondary N) is 2. The van der Waals surface area contributed by atoms with Crippen LogP contribution in [0.2, 0.25) is 0 Å². The number of ether oxygens (including phenoxy) is 2. The lowest BCUT2D eigenvalue weighted by molar-refractivity contribution is -0.144. The minimum atomic E-state index is -1.03. The summed E-state index contributed by atoms with van der Waals surface area (Å²) >= 11 is 4.20. The topological polar surface area (TPSA) is 114 Å². The van der Waals surface area contributed by atoms with Crippen LogP contribution in [0.4, 0.5) is 4.79 Å². The number of likely N-dealkylation sites (N-methyl/N-ethyl adjacent to an activating group) is 1. The first-order valence-electron chi connectivity index (χ1n) is 10.3. The van der Waals surface area contributed by atoms with Gasteiger partial charge in [-0.15, -0.1) is 0 Å². The summed E-state index contributed by atoms with van der Waals surface area (Å²) in [6.07, 6.45) is -0.761. The molecule has 1 aromatic carbocycles. The van der Waals surface area contributed by atoms with Gasteiger partial charge >= 0.3 is 12.1 Å². The van der Waals surface area contributed by atoms with Crippen LogP contribution in [0.1, 0.15) is 44.9 Å². The third kappa shape index (κ3) is 8.07. The number of benzene rings is 1. The Morgan fingerprint density at radius 3 is 2.28 bits per heavy atom. The van der Waals surface area contributed by atoms with E-state index < -0.39 is 41.6 Å². The predicted octanol–water partition coefficient (Wildman–Crippen LogP) is 2.00. The lowest BCUT2D eigenvalue weighted by Crippen LogP contribution is -2.54. The van der Waals surface area contributed by atoms with E-state index in [4.69, 9.17) is 4.74 Å². The van der Waals surface area contributed by atoms with E-state index in [0.717, 1.165) is 5.56 Å². The number of rotatable bonds is 9. The second-order valence-electron chi connectivity index (χ2n) is 8.06. The van der Waals surface area contributed by atoms with Crippen LogP contribution in [0.25, 0.3) is 0 Å². The monoisotopic (exact) mass is 467 g/mol. The smallest absolute Gasteiger partial charge is 0.408 e. The third-order valence-corrected chi connectivity index (χ3v) is 4.84. The molecule has 0 heterocycles. The summed E-state index contributed by atoms with van der Waals surface area (Å²) in [5.74, 6) is -1.67. The zero-order valence-electron chi connectivity index (χ0n) is 19.4. The molecule has 0 spiro atoms. The van der Waals surface area contributed by atoms with Crippen LogP contribution in [0.3, 0.4) is 0 Å². The molecule has 2 atom stereocenters. The number of carbonyl (C=O) groups excluding carboxylic acids is 4. The summed E-state index contributed by atoms with van der Waals surface area (Å²) in [7, 11) is 1.22. The summed E-state index contributed by atoms with van der Waals surface area (Å²) in [6, 6.07) is 5.10. The first kappa shape index (κ1) is 27.3. The van der Waals surface area contributed by atoms with Crippen molar-refractivity contribution >= 4 is 36.5 Å². The van der Waals surface area contributed by atoms with Gasteiger partial charge in [0.1, 0.15) is 24.2 Å². The average Bonchev–Trinajstić information content (AvgIpc) is 2.72. The van der Waals surface area contributed by atoms with E-state index in [9.17, 15) is 19.2 Å². The van der Waals surface area contributed by atoms with Gasteiger partial charge in [-0.25, -0.2) is 4.79 Å². The van der Waals surface area contributed by atoms with Crippen LogP contribution in [-0.2, 0) is 23.9 Å². The Morgan fingerprint density at radius 2 is 1.78 bits per heavy atom. The number of esters is 1. The molecule has 0 radical (unpaired) electrons. The van der Waals surface area contributed by atoms with Crippen molar-refractivity contribution in [1.82, 2.24) is 15.5 Å². The van der Waals surface area contributed by atoms with E-state index in [-0.39, 0.29) is 18.8 Å². The second kappa shape index (κ2) is 12.3. The van der Waals surface area contributed by atoms with Crippen LogP contribution in [-0.4, -0.2) is 66.4 Å². The molecule has 2 unspecified atom stereocenters. The standard InChI is InChI=1S/C22H33N3O6S/c1-7-25(20(28)16(13-32)24-21(29)31-22(3,4)5)18(15-11-9-8-10-14(15)2)19(27)23-12-17(26)30-6/h8-11,16,18,32H,7,12-13H2,1-6H3,(H,23,27)(H,24,29). The second-order valence-corrected chi connectivity index (χ2v) is 8.42. The summed E-state index contributed by atoms with van der Waals surface area (Å²) in [4.78, 5) is 51.5. The molecule has 2 N–H and O–H groups in total. The SMILES string of the molecule is CCN(C(=O)C(CS)NC(=O)OC(C)(C)C)C(C(=O)NCC(=O)OC)c1ccccc1C. The first-order chi connectivity index (χ1) is 14.9. The third-order valence-electron chi connectivity index (χ3n) is 4.47. The minimum Gasteiger partial charge on any atom is -0.468 e. The fourth-order valence-corrected chi connectivity index (χ4v) is 3.22. The van der Waals surface area contributed by atoms with Crippen molar-refractivity contribution in [2.75, 3.05) is 26.0 Å². The lowest BCUT2D eigenvalue weighted by Gasteiger charge is -2.34. The number of nitrogens with zero attached hydrogens (tertiary/aromatic N) is 1. The molecule has 0 saturated heterocycles. The van der Waals surface area contributed by atoms with Gasteiger partial charge in [-0.05, 0) is 45.7 Å². The maximum Gasteiger partial charge on any atom is 0.408 e. The zero-order chi connectivity index (χ0) is 24.5. The van der Waals surface area contributed by atoms with Gasteiger partial charge in [0.2, 0.25) is 11.8 Å². The molecule has 32 heavy (non-hydrogen) atoms. The van der Waals surface area contributed by atoms with Crippen LogP contribution in [0.15, 0.2) is 24.3 Å². The van der Waals surface area contributed by atoms with Crippen molar-refractivity contribution in [2.24, 2.45) is 0 Å². The van der Waals surface area contributed by atoms with Crippen molar-refractivity contribution in [2.45, 2.75) is 52.3 Å². The highest BCUT2D eigenvalue weighted by Gasteiger charge is 2.35. The Bertz CT molecular complexity index is 824. The molecule has 0 saturated carbocycles. The van der Waals surface area contributed by atoms with Crippen molar-refractivity contribution in [1.29, 1.82) is 0 Å². The minimum absolute atomic E-state index is 0.00114. The van der Waals surface area contributed by atoms with Crippen LogP contribution in [0, 0.1) is 6.92 Å². The summed E-state index contributed by atoms with van der Waals surface area (Å²) in [5, 5.41) is 5.04. The molecule has 0 aliphatic heterocycles. The molecule has 10 heteroatoms. The number of hydrogen-bond donors (Lipinski definition) is 3. The van der Waals surface area contributed by atoms with Crippen LogP contribution < -0.4 is 10.6 Å². The molecule has 1 rings (SSSR count). The Hall–Kier alpha value is -2.75. The van der Waals surface area contributed by atoms with Gasteiger partial charge in [-0.2, -0.15) is 12.6 Å². The van der Waals surface area contributed by atoms with Crippen molar-refractivity contribution < 1.29 is 28.7 Å². The van der Waals surface area contributed by atoms with Gasteiger partial charge < -0.3 is 25.0 Å². The maximum absolute atomic E-state index is 13.4. The highest BCUT2D eigenvalue weighted by Crippen LogP contribution is 2.25. The van der Waals surface area contributed by atoms with E-state index in [1.807, 2.05) is 19.1 Å². The number of alkyl carbamates (subject to hydrolysis) is 1. The first-order valence-corrected chi connectivity index (χ1v) is 10.9. The molecule has 0 fully saturated rings. The van der Waals surface area contributed by atoms with E-state index in [0.29, 0.717) is 5.56 Å². The fraction of sp³-hybridized carbons (Fsp3) is 0.545. The molecule has 0 bridgehead atoms. The Morgan fingerprint density at radius 1 is 1.16 bits per heavy atom. The highest BCUT2D eigenvalue weighted by atomic mass is 32.1. The Kier molecular flexibility index (Phi) is 10.5. The molecule has 1 aromatic rings. The molecule has 178 valence electrons. The van der Waals surface area contributed by atoms with E-state index in [2.05, 4.69) is 28.0 Å². The highest BCUT2D eigenvalue weighted by molar-refractivity contribution is 7.80. The largest absolute Gasteiger partial charge is 0.468 e. The van der Waals surface area contributed by atoms with Gasteiger partial charge in [0.15, 0.2) is 0 Å². The number of thiol groups is 1. The van der Waals surface area contributed by atoms with Gasteiger partial charge in [-0.3, -0.25) is 14.4 Å². The van der Waals surface area contributed by atoms with E-state index in [1.54, 1.807) is 39.8 Å². The molecule has 0 aliphatic rings. The lowest BCUT2D eigenvalue weighted by atomic mass is 9.98.